The Bertz CT molecular complexity index is 944. The smallest absolute Gasteiger partial charge is 0.158 e. The van der Waals surface area contributed by atoms with Gasteiger partial charge in [0.1, 0.15) is 0 Å². The van der Waals surface area contributed by atoms with E-state index in [1.807, 2.05) is 36.9 Å². The predicted molar refractivity (Wildman–Crippen MR) is 135 cm³/mol. The lowest BCUT2D eigenvalue weighted by atomic mass is 9.82. The Balaban J connectivity index is 2.24. The van der Waals surface area contributed by atoms with Crippen LogP contribution in [0.5, 0.6) is 0 Å². The summed E-state index contributed by atoms with van der Waals surface area (Å²) in [5.74, 6) is 0. The molecule has 7 heteroatoms. The van der Waals surface area contributed by atoms with Gasteiger partial charge in [0.2, 0.25) is 0 Å². The third-order valence-corrected chi connectivity index (χ3v) is 9.62. The molecule has 3 aromatic rings. The maximum Gasteiger partial charge on any atom is 0.158 e. The highest BCUT2D eigenvalue weighted by Gasteiger charge is 2.32. The first kappa shape index (κ1) is 23.1. The third kappa shape index (κ3) is 5.19. The van der Waals surface area contributed by atoms with Crippen LogP contribution in [0.15, 0.2) is 49.1 Å². The van der Waals surface area contributed by atoms with E-state index >= 15 is 0 Å². The summed E-state index contributed by atoms with van der Waals surface area (Å²) in [6, 6.07) is 8.44. The summed E-state index contributed by atoms with van der Waals surface area (Å²) in [6.45, 7) is 14.3. The van der Waals surface area contributed by atoms with Crippen molar-refractivity contribution in [1.82, 2.24) is 19.9 Å². The molecule has 1 atom stereocenters. The number of hydrogen-bond acceptors (Lipinski definition) is 4. The summed E-state index contributed by atoms with van der Waals surface area (Å²) in [6.07, 6.45) is 9.07. The lowest BCUT2D eigenvalue weighted by molar-refractivity contribution is 0.588. The molecule has 1 unspecified atom stereocenters. The van der Waals surface area contributed by atoms with Crippen LogP contribution in [0, 0.1) is 0 Å². The van der Waals surface area contributed by atoms with Gasteiger partial charge in [-0.25, -0.2) is 19.9 Å². The van der Waals surface area contributed by atoms with Crippen molar-refractivity contribution in [3.8, 4) is 0 Å². The second-order valence-corrected chi connectivity index (χ2v) is 16.9. The van der Waals surface area contributed by atoms with Gasteiger partial charge in [-0.2, -0.15) is 0 Å². The van der Waals surface area contributed by atoms with Crippen LogP contribution in [0.2, 0.25) is 19.6 Å². The number of benzene rings is 1. The van der Waals surface area contributed by atoms with Gasteiger partial charge in [0.05, 0.1) is 8.07 Å². The lowest BCUT2D eigenvalue weighted by Gasteiger charge is -2.33. The van der Waals surface area contributed by atoms with Crippen molar-refractivity contribution in [2.75, 3.05) is 0 Å². The average molecular weight is 455 g/mol. The van der Waals surface area contributed by atoms with Crippen LogP contribution in [-0.2, 0) is 17.7 Å². The molecular weight excluding hydrogens is 422 g/mol. The van der Waals surface area contributed by atoms with E-state index in [1.54, 1.807) is 5.19 Å². The van der Waals surface area contributed by atoms with Gasteiger partial charge < -0.3 is 0 Å². The summed E-state index contributed by atoms with van der Waals surface area (Å²) >= 11 is 0. The van der Waals surface area contributed by atoms with Crippen molar-refractivity contribution in [1.29, 1.82) is 0 Å². The molecule has 0 amide bonds. The highest BCUT2D eigenvalue weighted by molar-refractivity contribution is 7.71. The number of hydrogen-bond donors (Lipinski definition) is 0. The summed E-state index contributed by atoms with van der Waals surface area (Å²) < 4.78 is 0. The summed E-state index contributed by atoms with van der Waals surface area (Å²) in [7, 11) is 0.488. The fraction of sp³-hybridized carbons (Fsp3) is 0.391. The second kappa shape index (κ2) is 9.30. The fourth-order valence-electron chi connectivity index (χ4n) is 3.79. The molecule has 2 heterocycles. The van der Waals surface area contributed by atoms with Crippen LogP contribution in [0.3, 0.4) is 0 Å². The van der Waals surface area contributed by atoms with Gasteiger partial charge in [0, 0.05) is 38.9 Å². The molecule has 0 aliphatic heterocycles. The van der Waals surface area contributed by atoms with Crippen LogP contribution in [0.25, 0.3) is 0 Å². The Kier molecular flexibility index (Phi) is 7.17. The van der Waals surface area contributed by atoms with Crippen molar-refractivity contribution < 1.29 is 0 Å². The first-order valence-corrected chi connectivity index (χ1v) is 16.1. The molecule has 0 radical (unpaired) electrons. The molecule has 0 fully saturated rings. The van der Waals surface area contributed by atoms with Crippen molar-refractivity contribution in [2.45, 2.75) is 58.2 Å². The Morgan fingerprint density at radius 3 is 1.77 bits per heavy atom. The molecule has 158 valence electrons. The number of nitrogens with zero attached hydrogens (tertiary/aromatic N) is 4. The lowest BCUT2D eigenvalue weighted by Crippen LogP contribution is -2.44. The van der Waals surface area contributed by atoms with E-state index in [0.717, 1.165) is 23.5 Å². The van der Waals surface area contributed by atoms with Crippen LogP contribution in [0.1, 0.15) is 37.5 Å². The zero-order chi connectivity index (χ0) is 21.9. The van der Waals surface area contributed by atoms with Crippen LogP contribution < -0.4 is 16.3 Å². The van der Waals surface area contributed by atoms with E-state index in [-0.39, 0.29) is 5.41 Å². The minimum Gasteiger partial charge on any atom is -0.237 e. The zero-order valence-electron chi connectivity index (χ0n) is 18.8. The van der Waals surface area contributed by atoms with E-state index in [4.69, 9.17) is 0 Å². The van der Waals surface area contributed by atoms with Gasteiger partial charge in [0.15, 0.2) is 11.1 Å². The quantitative estimate of drug-likeness (QED) is 0.415. The van der Waals surface area contributed by atoms with E-state index in [1.165, 1.54) is 16.7 Å². The van der Waals surface area contributed by atoms with Gasteiger partial charge in [-0.1, -0.05) is 57.7 Å². The van der Waals surface area contributed by atoms with Crippen LogP contribution in [0.4, 0.5) is 0 Å². The van der Waals surface area contributed by atoms with Crippen molar-refractivity contribution in [2.24, 2.45) is 0 Å². The zero-order valence-corrected chi connectivity index (χ0v) is 21.9. The van der Waals surface area contributed by atoms with Gasteiger partial charge in [-0.3, -0.25) is 0 Å². The predicted octanol–water partition coefficient (Wildman–Crippen LogP) is 4.12. The first-order chi connectivity index (χ1) is 14.1. The Hall–Kier alpha value is -1.54. The SMILES string of the molecule is CC(C)(C)c1c([Si](C)(C)C)ccc(CP)c1CP(c1ncccn1)c1ncccn1. The number of aromatic nitrogens is 4. The molecule has 30 heavy (non-hydrogen) atoms. The molecule has 0 saturated carbocycles. The first-order valence-electron chi connectivity index (χ1n) is 10.3. The van der Waals surface area contributed by atoms with Gasteiger partial charge in [-0.05, 0) is 40.4 Å². The van der Waals surface area contributed by atoms with E-state index in [2.05, 4.69) is 81.7 Å². The van der Waals surface area contributed by atoms with E-state index in [9.17, 15) is 0 Å². The molecular formula is C23H32N4P2Si. The Morgan fingerprint density at radius 2 is 1.37 bits per heavy atom. The third-order valence-electron chi connectivity index (χ3n) is 5.09. The molecule has 0 bridgehead atoms. The molecule has 4 nitrogen and oxygen atoms in total. The number of rotatable bonds is 6. The summed E-state index contributed by atoms with van der Waals surface area (Å²) in [4.78, 5) is 18.4. The molecule has 3 rings (SSSR count). The fourth-order valence-corrected chi connectivity index (χ4v) is 8.00. The van der Waals surface area contributed by atoms with Gasteiger partial charge >= 0.3 is 0 Å². The Morgan fingerprint density at radius 1 is 0.867 bits per heavy atom. The highest BCUT2D eigenvalue weighted by Crippen LogP contribution is 2.40. The molecule has 0 aliphatic carbocycles. The monoisotopic (exact) mass is 454 g/mol. The van der Waals surface area contributed by atoms with Crippen LogP contribution in [-0.4, -0.2) is 28.0 Å². The maximum atomic E-state index is 4.61. The molecule has 0 N–H and O–H groups in total. The van der Waals surface area contributed by atoms with Crippen molar-refractivity contribution in [3.63, 3.8) is 0 Å². The van der Waals surface area contributed by atoms with E-state index in [0.29, 0.717) is 0 Å². The standard InChI is InChI=1S/C23H32N4P2Si/c1-23(2,3)20-18(17(15-28)9-10-19(20)30(4,5)6)16-29(21-24-11-7-12-25-21)22-26-13-8-14-27-22/h7-14H,15-16,28H2,1-6H3. The van der Waals surface area contributed by atoms with E-state index < -0.39 is 16.0 Å². The molecule has 2 aromatic heterocycles. The Labute approximate surface area is 185 Å². The van der Waals surface area contributed by atoms with Crippen LogP contribution >= 0.6 is 17.2 Å². The van der Waals surface area contributed by atoms with Gasteiger partial charge in [0.25, 0.3) is 0 Å². The molecule has 0 spiro atoms. The largest absolute Gasteiger partial charge is 0.237 e. The molecule has 1 aromatic carbocycles. The topological polar surface area (TPSA) is 51.6 Å². The summed E-state index contributed by atoms with van der Waals surface area (Å²) in [5, 5.41) is 1.55. The highest BCUT2D eigenvalue weighted by atomic mass is 31.1. The van der Waals surface area contributed by atoms with Crippen molar-refractivity contribution >= 4 is 41.6 Å². The maximum absolute atomic E-state index is 4.61. The second-order valence-electron chi connectivity index (χ2n) is 9.51. The minimum absolute atomic E-state index is 0.0525. The average Bonchev–Trinajstić information content (AvgIpc) is 2.71. The minimum atomic E-state index is -1.53. The van der Waals surface area contributed by atoms with Gasteiger partial charge in [-0.15, -0.1) is 9.24 Å². The summed E-state index contributed by atoms with van der Waals surface area (Å²) in [5.41, 5.74) is 6.05. The molecule has 0 saturated heterocycles. The normalized spacial score (nSPS) is 12.4. The van der Waals surface area contributed by atoms with Crippen molar-refractivity contribution in [3.05, 3.63) is 65.7 Å². The molecule has 0 aliphatic rings.